The monoisotopic (exact) mass is 268 g/mol. The average molecular weight is 268 g/mol. The highest BCUT2D eigenvalue weighted by molar-refractivity contribution is 4.93. The van der Waals surface area contributed by atoms with Crippen molar-refractivity contribution in [3.63, 3.8) is 0 Å². The lowest BCUT2D eigenvalue weighted by molar-refractivity contribution is 0.0126. The van der Waals surface area contributed by atoms with Crippen molar-refractivity contribution in [2.75, 3.05) is 26.2 Å². The highest BCUT2D eigenvalue weighted by Crippen LogP contribution is 2.22. The van der Waals surface area contributed by atoms with Gasteiger partial charge >= 0.3 is 0 Å². The zero-order chi connectivity index (χ0) is 13.7. The van der Waals surface area contributed by atoms with Crippen LogP contribution in [-0.2, 0) is 4.74 Å². The quantitative estimate of drug-likeness (QED) is 0.801. The number of hydrogen-bond acceptors (Lipinski definition) is 3. The molecule has 0 aromatic carbocycles. The predicted octanol–water partition coefficient (Wildman–Crippen LogP) is 2.80. The van der Waals surface area contributed by atoms with Gasteiger partial charge in [0.25, 0.3) is 0 Å². The van der Waals surface area contributed by atoms with Gasteiger partial charge in [-0.15, -0.1) is 0 Å². The Bertz CT molecular complexity index is 265. The van der Waals surface area contributed by atoms with Crippen molar-refractivity contribution in [3.05, 3.63) is 0 Å². The van der Waals surface area contributed by atoms with E-state index >= 15 is 0 Å². The first-order chi connectivity index (χ1) is 9.17. The Morgan fingerprint density at radius 1 is 1.26 bits per heavy atom. The van der Waals surface area contributed by atoms with E-state index in [0.717, 1.165) is 26.2 Å². The van der Waals surface area contributed by atoms with Crippen LogP contribution in [0.15, 0.2) is 0 Å². The van der Waals surface area contributed by atoms with E-state index in [1.807, 2.05) is 0 Å². The molecule has 2 rings (SSSR count). The van der Waals surface area contributed by atoms with Crippen molar-refractivity contribution in [1.29, 1.82) is 0 Å². The molecule has 2 aliphatic rings. The van der Waals surface area contributed by atoms with E-state index in [1.165, 1.54) is 38.5 Å². The summed E-state index contributed by atoms with van der Waals surface area (Å²) < 4.78 is 6.04. The summed E-state index contributed by atoms with van der Waals surface area (Å²) in [5.41, 5.74) is 0.291. The number of piperazine rings is 1. The van der Waals surface area contributed by atoms with E-state index in [9.17, 15) is 0 Å². The van der Waals surface area contributed by atoms with E-state index in [-0.39, 0.29) is 0 Å². The van der Waals surface area contributed by atoms with Crippen LogP contribution in [0.4, 0.5) is 0 Å². The highest BCUT2D eigenvalue weighted by atomic mass is 16.5. The Morgan fingerprint density at radius 3 is 2.63 bits per heavy atom. The van der Waals surface area contributed by atoms with E-state index < -0.39 is 0 Å². The third-order valence-corrected chi connectivity index (χ3v) is 5.12. The molecule has 0 bridgehead atoms. The lowest BCUT2D eigenvalue weighted by Crippen LogP contribution is -2.62. The topological polar surface area (TPSA) is 24.5 Å². The fourth-order valence-corrected chi connectivity index (χ4v) is 3.42. The van der Waals surface area contributed by atoms with Gasteiger partial charge in [0.05, 0.1) is 12.7 Å². The smallest absolute Gasteiger partial charge is 0.0597 e. The SMILES string of the molecule is CCC1CNC(C)(CC)CN1CCOC1CCCC1. The zero-order valence-electron chi connectivity index (χ0n) is 13.1. The molecule has 3 nitrogen and oxygen atoms in total. The molecular formula is C16H32N2O. The third kappa shape index (κ3) is 4.17. The lowest BCUT2D eigenvalue weighted by Gasteiger charge is -2.46. The number of hydrogen-bond donors (Lipinski definition) is 1. The molecule has 0 radical (unpaired) electrons. The molecule has 112 valence electrons. The van der Waals surface area contributed by atoms with Crippen LogP contribution < -0.4 is 5.32 Å². The van der Waals surface area contributed by atoms with Gasteiger partial charge < -0.3 is 10.1 Å². The van der Waals surface area contributed by atoms with Gasteiger partial charge in [-0.05, 0) is 32.6 Å². The summed E-state index contributed by atoms with van der Waals surface area (Å²) in [5.74, 6) is 0. The fourth-order valence-electron chi connectivity index (χ4n) is 3.42. The van der Waals surface area contributed by atoms with Crippen LogP contribution in [0, 0.1) is 0 Å². The van der Waals surface area contributed by atoms with Crippen LogP contribution in [0.25, 0.3) is 0 Å². The van der Waals surface area contributed by atoms with Crippen molar-refractivity contribution < 1.29 is 4.74 Å². The first kappa shape index (κ1) is 15.3. The molecule has 0 aromatic rings. The van der Waals surface area contributed by atoms with Crippen LogP contribution in [-0.4, -0.2) is 48.8 Å². The maximum absolute atomic E-state index is 6.04. The van der Waals surface area contributed by atoms with E-state index in [0.29, 0.717) is 17.7 Å². The standard InChI is InChI=1S/C16H32N2O/c1-4-14-12-17-16(3,5-2)13-18(14)10-11-19-15-8-6-7-9-15/h14-15,17H,4-13H2,1-3H3. The minimum atomic E-state index is 0.291. The summed E-state index contributed by atoms with van der Waals surface area (Å²) >= 11 is 0. The van der Waals surface area contributed by atoms with Crippen molar-refractivity contribution in [2.45, 2.75) is 77.0 Å². The average Bonchev–Trinajstić information content (AvgIpc) is 2.92. The van der Waals surface area contributed by atoms with Crippen molar-refractivity contribution in [3.8, 4) is 0 Å². The Morgan fingerprint density at radius 2 is 2.00 bits per heavy atom. The van der Waals surface area contributed by atoms with E-state index in [1.54, 1.807) is 0 Å². The van der Waals surface area contributed by atoms with Gasteiger partial charge in [-0.3, -0.25) is 4.90 Å². The molecule has 1 heterocycles. The van der Waals surface area contributed by atoms with Crippen molar-refractivity contribution in [2.24, 2.45) is 0 Å². The minimum absolute atomic E-state index is 0.291. The van der Waals surface area contributed by atoms with Crippen LogP contribution in [0.5, 0.6) is 0 Å². The van der Waals surface area contributed by atoms with Crippen LogP contribution in [0.2, 0.25) is 0 Å². The molecule has 0 amide bonds. The predicted molar refractivity (Wildman–Crippen MR) is 80.6 cm³/mol. The number of rotatable bonds is 6. The molecule has 0 spiro atoms. The van der Waals surface area contributed by atoms with Gasteiger partial charge in [-0.25, -0.2) is 0 Å². The van der Waals surface area contributed by atoms with Gasteiger partial charge in [-0.1, -0.05) is 26.7 Å². The van der Waals surface area contributed by atoms with Gasteiger partial charge in [0.2, 0.25) is 0 Å². The third-order valence-electron chi connectivity index (χ3n) is 5.12. The highest BCUT2D eigenvalue weighted by Gasteiger charge is 2.33. The molecule has 1 aliphatic heterocycles. The Kier molecular flexibility index (Phi) is 5.67. The van der Waals surface area contributed by atoms with Crippen molar-refractivity contribution in [1.82, 2.24) is 10.2 Å². The Labute approximate surface area is 119 Å². The summed E-state index contributed by atoms with van der Waals surface area (Å²) in [6.45, 7) is 11.2. The summed E-state index contributed by atoms with van der Waals surface area (Å²) in [4.78, 5) is 2.65. The molecule has 1 N–H and O–H groups in total. The van der Waals surface area contributed by atoms with Gasteiger partial charge in [0, 0.05) is 31.2 Å². The van der Waals surface area contributed by atoms with Crippen molar-refractivity contribution >= 4 is 0 Å². The summed E-state index contributed by atoms with van der Waals surface area (Å²) in [6.07, 6.45) is 8.28. The maximum Gasteiger partial charge on any atom is 0.0597 e. The van der Waals surface area contributed by atoms with Gasteiger partial charge in [0.15, 0.2) is 0 Å². The first-order valence-corrected chi connectivity index (χ1v) is 8.27. The first-order valence-electron chi connectivity index (χ1n) is 8.27. The molecule has 2 fully saturated rings. The molecule has 2 unspecified atom stereocenters. The van der Waals surface area contributed by atoms with E-state index in [4.69, 9.17) is 4.74 Å². The molecule has 1 saturated carbocycles. The fraction of sp³-hybridized carbons (Fsp3) is 1.00. The largest absolute Gasteiger partial charge is 0.377 e. The molecule has 1 aliphatic carbocycles. The van der Waals surface area contributed by atoms with Crippen LogP contribution >= 0.6 is 0 Å². The van der Waals surface area contributed by atoms with Gasteiger partial charge in [-0.2, -0.15) is 0 Å². The Balaban J connectivity index is 1.77. The second kappa shape index (κ2) is 7.05. The number of nitrogens with zero attached hydrogens (tertiary/aromatic N) is 1. The molecule has 0 aromatic heterocycles. The molecule has 19 heavy (non-hydrogen) atoms. The summed E-state index contributed by atoms with van der Waals surface area (Å²) in [5, 5.41) is 3.73. The van der Waals surface area contributed by atoms with E-state index in [2.05, 4.69) is 31.0 Å². The number of nitrogens with one attached hydrogen (secondary N) is 1. The Hall–Kier alpha value is -0.120. The maximum atomic E-state index is 6.04. The molecule has 1 saturated heterocycles. The molecule has 2 atom stereocenters. The number of ether oxygens (including phenoxy) is 1. The van der Waals surface area contributed by atoms with Crippen LogP contribution in [0.1, 0.15) is 59.3 Å². The zero-order valence-corrected chi connectivity index (χ0v) is 13.1. The second-order valence-corrected chi connectivity index (χ2v) is 6.60. The van der Waals surface area contributed by atoms with Crippen LogP contribution in [0.3, 0.4) is 0 Å². The lowest BCUT2D eigenvalue weighted by atomic mass is 9.93. The molecule has 3 heteroatoms. The van der Waals surface area contributed by atoms with Gasteiger partial charge in [0.1, 0.15) is 0 Å². The summed E-state index contributed by atoms with van der Waals surface area (Å²) in [6, 6.07) is 0.687. The summed E-state index contributed by atoms with van der Waals surface area (Å²) in [7, 11) is 0. The normalized spacial score (nSPS) is 33.9. The minimum Gasteiger partial charge on any atom is -0.377 e. The second-order valence-electron chi connectivity index (χ2n) is 6.60. The molecular weight excluding hydrogens is 236 g/mol.